The van der Waals surface area contributed by atoms with Crippen molar-refractivity contribution >= 4 is 11.6 Å². The summed E-state index contributed by atoms with van der Waals surface area (Å²) in [6, 6.07) is 5.84. The van der Waals surface area contributed by atoms with E-state index >= 15 is 0 Å². The van der Waals surface area contributed by atoms with Crippen molar-refractivity contribution in [3.63, 3.8) is 0 Å². The zero-order chi connectivity index (χ0) is 19.2. The fourth-order valence-electron chi connectivity index (χ4n) is 3.37. The van der Waals surface area contributed by atoms with E-state index in [2.05, 4.69) is 33.0 Å². The lowest BCUT2D eigenvalue weighted by molar-refractivity contribution is -0.147. The fraction of sp³-hybridized carbons (Fsp3) is 0.682. The average molecular weight is 362 g/mol. The highest BCUT2D eigenvalue weighted by Gasteiger charge is 2.42. The summed E-state index contributed by atoms with van der Waals surface area (Å²) in [6.07, 6.45) is 5.75. The summed E-state index contributed by atoms with van der Waals surface area (Å²) in [7, 11) is 0. The van der Waals surface area contributed by atoms with Crippen molar-refractivity contribution in [3.05, 3.63) is 23.8 Å². The Balaban J connectivity index is 2.09. The van der Waals surface area contributed by atoms with Gasteiger partial charge in [0, 0.05) is 12.3 Å². The maximum Gasteiger partial charge on any atom is 0.256 e. The molecule has 146 valence electrons. The third-order valence-corrected chi connectivity index (χ3v) is 5.41. The predicted molar refractivity (Wildman–Crippen MR) is 107 cm³/mol. The van der Waals surface area contributed by atoms with Gasteiger partial charge in [0.2, 0.25) is 0 Å². The first kappa shape index (κ1) is 20.8. The molecule has 1 atom stereocenters. The number of hydrogen-bond donors (Lipinski definition) is 1. The van der Waals surface area contributed by atoms with Gasteiger partial charge in [-0.2, -0.15) is 0 Å². The van der Waals surface area contributed by atoms with Crippen LogP contribution < -0.4 is 10.1 Å². The number of amides is 1. The van der Waals surface area contributed by atoms with Crippen LogP contribution in [0.3, 0.4) is 0 Å². The molecular formula is C22H35NO3. The number of anilines is 1. The summed E-state index contributed by atoms with van der Waals surface area (Å²) < 4.78 is 12.0. The molecule has 1 aromatic carbocycles. The average Bonchev–Trinajstić information content (AvgIpc) is 2.63. The van der Waals surface area contributed by atoms with Gasteiger partial charge in [0.25, 0.3) is 5.91 Å². The summed E-state index contributed by atoms with van der Waals surface area (Å²) >= 11 is 0. The second-order valence-electron chi connectivity index (χ2n) is 7.80. The topological polar surface area (TPSA) is 47.6 Å². The summed E-state index contributed by atoms with van der Waals surface area (Å²) in [6.45, 7) is 11.1. The first-order valence-electron chi connectivity index (χ1n) is 10.1. The molecule has 0 unspecified atom stereocenters. The normalized spacial score (nSPS) is 24.1. The van der Waals surface area contributed by atoms with E-state index in [1.54, 1.807) is 0 Å². The molecule has 1 aromatic rings. The van der Waals surface area contributed by atoms with Gasteiger partial charge in [-0.15, -0.1) is 0 Å². The third kappa shape index (κ3) is 5.23. The van der Waals surface area contributed by atoms with Crippen LogP contribution in [0.2, 0.25) is 0 Å². The summed E-state index contributed by atoms with van der Waals surface area (Å²) in [5.41, 5.74) is 1.16. The van der Waals surface area contributed by atoms with Gasteiger partial charge in [-0.25, -0.2) is 0 Å². The van der Waals surface area contributed by atoms with Gasteiger partial charge >= 0.3 is 0 Å². The van der Waals surface area contributed by atoms with Crippen LogP contribution in [0, 0.1) is 12.8 Å². The Morgan fingerprint density at radius 2 is 2.00 bits per heavy atom. The molecular weight excluding hydrogens is 326 g/mol. The van der Waals surface area contributed by atoms with E-state index in [0.29, 0.717) is 12.5 Å². The van der Waals surface area contributed by atoms with E-state index in [0.717, 1.165) is 55.5 Å². The quantitative estimate of drug-likeness (QED) is 0.666. The molecule has 0 aliphatic heterocycles. The molecule has 4 heteroatoms. The highest BCUT2D eigenvalue weighted by molar-refractivity contribution is 5.97. The zero-order valence-electron chi connectivity index (χ0n) is 17.1. The Morgan fingerprint density at radius 1 is 1.31 bits per heavy atom. The van der Waals surface area contributed by atoms with Crippen molar-refractivity contribution in [2.24, 2.45) is 5.92 Å². The lowest BCUT2D eigenvalue weighted by Gasteiger charge is -2.38. The number of benzene rings is 1. The van der Waals surface area contributed by atoms with Crippen LogP contribution in [0.1, 0.15) is 71.8 Å². The van der Waals surface area contributed by atoms with E-state index in [1.165, 1.54) is 0 Å². The number of hydrogen-bond acceptors (Lipinski definition) is 3. The molecule has 4 nitrogen and oxygen atoms in total. The fourth-order valence-corrected chi connectivity index (χ4v) is 3.37. The number of carbonyl (C=O) groups excluding carboxylic acids is 1. The molecule has 0 bridgehead atoms. The molecule has 0 aromatic heterocycles. The maximum atomic E-state index is 13.1. The van der Waals surface area contributed by atoms with Gasteiger partial charge < -0.3 is 14.8 Å². The van der Waals surface area contributed by atoms with E-state index in [4.69, 9.17) is 9.47 Å². The SMILES string of the molecule is CCCOC1(C(=O)Nc2ccc(O[C@@H](C)CC)c(C)c2)CCC(C)CC1. The first-order valence-corrected chi connectivity index (χ1v) is 10.1. The molecule has 0 heterocycles. The van der Waals surface area contributed by atoms with E-state index < -0.39 is 5.60 Å². The van der Waals surface area contributed by atoms with Crippen LogP contribution in [0.4, 0.5) is 5.69 Å². The van der Waals surface area contributed by atoms with Crippen LogP contribution in [0.15, 0.2) is 18.2 Å². The van der Waals surface area contributed by atoms with Gasteiger partial charge in [0.1, 0.15) is 11.4 Å². The van der Waals surface area contributed by atoms with Crippen molar-refractivity contribution in [2.45, 2.75) is 84.8 Å². The van der Waals surface area contributed by atoms with Crippen molar-refractivity contribution in [2.75, 3.05) is 11.9 Å². The Bertz CT molecular complexity index is 586. The second kappa shape index (κ2) is 9.40. The smallest absolute Gasteiger partial charge is 0.256 e. The lowest BCUT2D eigenvalue weighted by Crippen LogP contribution is -2.48. The number of carbonyl (C=O) groups is 1. The highest BCUT2D eigenvalue weighted by Crippen LogP contribution is 2.36. The Hall–Kier alpha value is -1.55. The van der Waals surface area contributed by atoms with Crippen molar-refractivity contribution in [1.29, 1.82) is 0 Å². The summed E-state index contributed by atoms with van der Waals surface area (Å²) in [5, 5.41) is 3.09. The number of nitrogens with one attached hydrogen (secondary N) is 1. The molecule has 1 aliphatic carbocycles. The summed E-state index contributed by atoms with van der Waals surface area (Å²) in [5.74, 6) is 1.54. The lowest BCUT2D eigenvalue weighted by atomic mass is 9.78. The minimum absolute atomic E-state index is 0.00663. The number of aryl methyl sites for hydroxylation is 1. The number of ether oxygens (including phenoxy) is 2. The first-order chi connectivity index (χ1) is 12.4. The molecule has 0 spiro atoms. The van der Waals surface area contributed by atoms with Crippen LogP contribution in [0.25, 0.3) is 0 Å². The van der Waals surface area contributed by atoms with Crippen LogP contribution in [-0.4, -0.2) is 24.2 Å². The van der Waals surface area contributed by atoms with E-state index in [9.17, 15) is 4.79 Å². The number of rotatable bonds is 8. The van der Waals surface area contributed by atoms with Gasteiger partial charge in [-0.3, -0.25) is 4.79 Å². The molecule has 1 amide bonds. The van der Waals surface area contributed by atoms with Crippen molar-refractivity contribution < 1.29 is 14.3 Å². The molecule has 1 fully saturated rings. The van der Waals surface area contributed by atoms with Gasteiger partial charge in [0.15, 0.2) is 0 Å². The maximum absolute atomic E-state index is 13.1. The standard InChI is InChI=1S/C22H35NO3/c1-6-14-25-22(12-10-16(3)11-13-22)21(24)23-19-8-9-20(17(4)15-19)26-18(5)7-2/h8-9,15-16,18H,6-7,10-14H2,1-5H3,(H,23,24)/t16?,18-,22?/m0/s1. The van der Waals surface area contributed by atoms with E-state index in [1.807, 2.05) is 25.1 Å². The summed E-state index contributed by atoms with van der Waals surface area (Å²) in [4.78, 5) is 13.1. The second-order valence-corrected chi connectivity index (χ2v) is 7.80. The van der Waals surface area contributed by atoms with Gasteiger partial charge in [-0.1, -0.05) is 20.8 Å². The van der Waals surface area contributed by atoms with Crippen LogP contribution in [0.5, 0.6) is 5.75 Å². The Morgan fingerprint density at radius 3 is 2.58 bits per heavy atom. The Kier molecular flexibility index (Phi) is 7.51. The molecule has 0 radical (unpaired) electrons. The highest BCUT2D eigenvalue weighted by atomic mass is 16.5. The molecule has 0 saturated heterocycles. The van der Waals surface area contributed by atoms with Gasteiger partial charge in [-0.05, 0) is 82.1 Å². The largest absolute Gasteiger partial charge is 0.490 e. The van der Waals surface area contributed by atoms with Gasteiger partial charge in [0.05, 0.1) is 6.10 Å². The van der Waals surface area contributed by atoms with Crippen molar-refractivity contribution in [1.82, 2.24) is 0 Å². The predicted octanol–water partition coefficient (Wildman–Crippen LogP) is 5.49. The zero-order valence-corrected chi connectivity index (χ0v) is 17.1. The molecule has 1 saturated carbocycles. The monoisotopic (exact) mass is 361 g/mol. The molecule has 1 N–H and O–H groups in total. The minimum Gasteiger partial charge on any atom is -0.490 e. The van der Waals surface area contributed by atoms with E-state index in [-0.39, 0.29) is 12.0 Å². The molecule has 1 aliphatic rings. The molecule has 26 heavy (non-hydrogen) atoms. The third-order valence-electron chi connectivity index (χ3n) is 5.41. The molecule has 2 rings (SSSR count). The minimum atomic E-state index is -0.678. The van der Waals surface area contributed by atoms with Crippen LogP contribution in [-0.2, 0) is 9.53 Å². The Labute approximate surface area is 158 Å². The van der Waals surface area contributed by atoms with Crippen molar-refractivity contribution in [3.8, 4) is 5.75 Å². The van der Waals surface area contributed by atoms with Crippen LogP contribution >= 0.6 is 0 Å².